The van der Waals surface area contributed by atoms with Crippen molar-refractivity contribution in [3.05, 3.63) is 51.9 Å². The minimum Gasteiger partial charge on any atom is -0.463 e. The lowest BCUT2D eigenvalue weighted by atomic mass is 10.3. The first-order valence-corrected chi connectivity index (χ1v) is 8.25. The molecular formula is C14H12N2O4S2. The summed E-state index contributed by atoms with van der Waals surface area (Å²) in [5.74, 6) is 0.768. The maximum absolute atomic E-state index is 11.5. The van der Waals surface area contributed by atoms with Crippen molar-refractivity contribution in [2.45, 2.75) is 17.4 Å². The summed E-state index contributed by atoms with van der Waals surface area (Å²) in [5, 5.41) is 10.5. The summed E-state index contributed by atoms with van der Waals surface area (Å²) in [6.45, 7) is 0. The highest BCUT2D eigenvalue weighted by molar-refractivity contribution is 7.98. The van der Waals surface area contributed by atoms with Crippen molar-refractivity contribution in [2.24, 2.45) is 0 Å². The zero-order valence-corrected chi connectivity index (χ0v) is 13.3. The second kappa shape index (κ2) is 6.80. The number of methoxy groups -OCH3 is 1. The van der Waals surface area contributed by atoms with Crippen LogP contribution in [0.25, 0.3) is 0 Å². The van der Waals surface area contributed by atoms with E-state index in [-0.39, 0.29) is 5.76 Å². The molecule has 114 valence electrons. The van der Waals surface area contributed by atoms with E-state index < -0.39 is 5.97 Å². The van der Waals surface area contributed by atoms with E-state index in [4.69, 9.17) is 8.83 Å². The van der Waals surface area contributed by atoms with Crippen molar-refractivity contribution in [1.29, 1.82) is 0 Å². The molecule has 0 fully saturated rings. The molecule has 0 aliphatic rings. The molecule has 0 atom stereocenters. The number of esters is 1. The number of nitrogens with zero attached hydrogens (tertiary/aromatic N) is 2. The van der Waals surface area contributed by atoms with Crippen molar-refractivity contribution < 1.29 is 18.4 Å². The molecule has 0 radical (unpaired) electrons. The van der Waals surface area contributed by atoms with Crippen molar-refractivity contribution in [3.8, 4) is 0 Å². The largest absolute Gasteiger partial charge is 0.463 e. The van der Waals surface area contributed by atoms with Crippen LogP contribution in [0.4, 0.5) is 0 Å². The van der Waals surface area contributed by atoms with E-state index in [0.29, 0.717) is 23.3 Å². The third kappa shape index (κ3) is 3.40. The van der Waals surface area contributed by atoms with Crippen LogP contribution in [0.2, 0.25) is 0 Å². The number of hydrogen-bond donors (Lipinski definition) is 0. The molecule has 0 N–H and O–H groups in total. The first-order valence-electron chi connectivity index (χ1n) is 6.38. The van der Waals surface area contributed by atoms with Gasteiger partial charge in [-0.1, -0.05) is 17.8 Å². The summed E-state index contributed by atoms with van der Waals surface area (Å²) in [5.41, 5.74) is 0.731. The molecule has 22 heavy (non-hydrogen) atoms. The summed E-state index contributed by atoms with van der Waals surface area (Å²) in [7, 11) is 1.32. The smallest absolute Gasteiger partial charge is 0.374 e. The van der Waals surface area contributed by atoms with E-state index in [1.807, 2.05) is 17.5 Å². The lowest BCUT2D eigenvalue weighted by Crippen LogP contribution is -2.02. The molecule has 0 aliphatic carbocycles. The zero-order chi connectivity index (χ0) is 15.4. The highest BCUT2D eigenvalue weighted by Gasteiger charge is 2.17. The maximum atomic E-state index is 11.5. The van der Waals surface area contributed by atoms with Crippen LogP contribution in [-0.4, -0.2) is 23.3 Å². The van der Waals surface area contributed by atoms with Crippen LogP contribution in [0.1, 0.15) is 26.9 Å². The Morgan fingerprint density at radius 2 is 2.32 bits per heavy atom. The van der Waals surface area contributed by atoms with Crippen LogP contribution in [0.3, 0.4) is 0 Å². The molecule has 3 rings (SSSR count). The van der Waals surface area contributed by atoms with Crippen LogP contribution >= 0.6 is 23.1 Å². The van der Waals surface area contributed by atoms with Crippen molar-refractivity contribution in [2.75, 3.05) is 7.11 Å². The summed E-state index contributed by atoms with van der Waals surface area (Å²) in [6, 6.07) is 5.73. The van der Waals surface area contributed by atoms with E-state index in [1.165, 1.54) is 30.0 Å². The summed E-state index contributed by atoms with van der Waals surface area (Å²) < 4.78 is 15.4. The minimum absolute atomic E-state index is 0.202. The summed E-state index contributed by atoms with van der Waals surface area (Å²) in [4.78, 5) is 12.7. The normalized spacial score (nSPS) is 10.8. The first-order chi connectivity index (χ1) is 10.8. The van der Waals surface area contributed by atoms with Crippen molar-refractivity contribution in [3.63, 3.8) is 0 Å². The fraction of sp³-hybridized carbons (Fsp3) is 0.214. The number of ether oxygens (including phenoxy) is 1. The highest BCUT2D eigenvalue weighted by Crippen LogP contribution is 2.25. The van der Waals surface area contributed by atoms with Crippen molar-refractivity contribution in [1.82, 2.24) is 10.2 Å². The summed E-state index contributed by atoms with van der Waals surface area (Å²) >= 11 is 3.00. The van der Waals surface area contributed by atoms with Gasteiger partial charge in [0.05, 0.1) is 19.8 Å². The third-order valence-electron chi connectivity index (χ3n) is 2.82. The number of carbonyl (C=O) groups is 1. The SMILES string of the molecule is COC(=O)c1occc1CSc1nnc(Cc2cccs2)o1. The first kappa shape index (κ1) is 14.9. The number of furan rings is 1. The molecule has 0 saturated heterocycles. The molecule has 6 nitrogen and oxygen atoms in total. The molecule has 0 aliphatic heterocycles. The number of carbonyl (C=O) groups excluding carboxylic acids is 1. The second-order valence-corrected chi connectivity index (χ2v) is 6.23. The van der Waals surface area contributed by atoms with Gasteiger partial charge in [-0.2, -0.15) is 0 Å². The molecule has 3 aromatic rings. The fourth-order valence-electron chi connectivity index (χ4n) is 1.79. The quantitative estimate of drug-likeness (QED) is 0.504. The molecule has 0 spiro atoms. The highest BCUT2D eigenvalue weighted by atomic mass is 32.2. The topological polar surface area (TPSA) is 78.4 Å². The van der Waals surface area contributed by atoms with Gasteiger partial charge in [0.15, 0.2) is 0 Å². The Hall–Kier alpha value is -2.06. The van der Waals surface area contributed by atoms with Gasteiger partial charge < -0.3 is 13.6 Å². The Kier molecular flexibility index (Phi) is 4.59. The second-order valence-electron chi connectivity index (χ2n) is 4.27. The summed E-state index contributed by atoms with van der Waals surface area (Å²) in [6.07, 6.45) is 2.09. The van der Waals surface area contributed by atoms with Crippen LogP contribution in [0.15, 0.2) is 43.9 Å². The van der Waals surface area contributed by atoms with E-state index in [9.17, 15) is 4.79 Å². The molecule has 0 amide bonds. The van der Waals surface area contributed by atoms with Gasteiger partial charge in [-0.05, 0) is 17.5 Å². The van der Waals surface area contributed by atoms with Crippen molar-refractivity contribution >= 4 is 29.1 Å². The molecule has 0 aromatic carbocycles. The average molecular weight is 336 g/mol. The Labute approximate surface area is 134 Å². The van der Waals surface area contributed by atoms with Gasteiger partial charge in [-0.3, -0.25) is 0 Å². The Balaban J connectivity index is 1.61. The van der Waals surface area contributed by atoms with Gasteiger partial charge in [0, 0.05) is 16.2 Å². The van der Waals surface area contributed by atoms with E-state index in [1.54, 1.807) is 17.4 Å². The molecule has 3 heterocycles. The molecule has 0 saturated carbocycles. The minimum atomic E-state index is -0.496. The Bertz CT molecular complexity index is 749. The van der Waals surface area contributed by atoms with E-state index >= 15 is 0 Å². The molecule has 8 heteroatoms. The number of thioether (sulfide) groups is 1. The van der Waals surface area contributed by atoms with Gasteiger partial charge in [-0.25, -0.2) is 4.79 Å². The number of hydrogen-bond acceptors (Lipinski definition) is 8. The molecule has 0 unspecified atom stereocenters. The number of rotatable bonds is 6. The van der Waals surface area contributed by atoms with Gasteiger partial charge in [-0.15, -0.1) is 21.5 Å². The van der Waals surface area contributed by atoms with E-state index in [0.717, 1.165) is 5.56 Å². The molecular weight excluding hydrogens is 324 g/mol. The molecule has 3 aromatic heterocycles. The van der Waals surface area contributed by atoms with Crippen LogP contribution in [0.5, 0.6) is 0 Å². The molecule has 0 bridgehead atoms. The average Bonchev–Trinajstić information content (AvgIpc) is 3.26. The fourth-order valence-corrected chi connectivity index (χ4v) is 3.25. The zero-order valence-electron chi connectivity index (χ0n) is 11.6. The van der Waals surface area contributed by atoms with Crippen LogP contribution < -0.4 is 0 Å². The lowest BCUT2D eigenvalue weighted by molar-refractivity contribution is 0.0564. The predicted octanol–water partition coefficient (Wildman–Crippen LogP) is 3.39. The Morgan fingerprint density at radius 3 is 3.09 bits per heavy atom. The van der Waals surface area contributed by atoms with Crippen LogP contribution in [-0.2, 0) is 16.9 Å². The van der Waals surface area contributed by atoms with E-state index in [2.05, 4.69) is 14.9 Å². The van der Waals surface area contributed by atoms with Gasteiger partial charge >= 0.3 is 5.97 Å². The van der Waals surface area contributed by atoms with Gasteiger partial charge in [0.2, 0.25) is 11.7 Å². The third-order valence-corrected chi connectivity index (χ3v) is 4.57. The number of aromatic nitrogens is 2. The van der Waals surface area contributed by atoms with Gasteiger partial charge in [0.1, 0.15) is 0 Å². The standard InChI is InChI=1S/C14H12N2O4S2/c1-18-13(17)12-9(4-5-19-12)8-22-14-16-15-11(20-14)7-10-3-2-6-21-10/h2-6H,7-8H2,1H3. The van der Waals surface area contributed by atoms with Gasteiger partial charge in [0.25, 0.3) is 5.22 Å². The Morgan fingerprint density at radius 1 is 1.41 bits per heavy atom. The lowest BCUT2D eigenvalue weighted by Gasteiger charge is -1.98. The monoisotopic (exact) mass is 336 g/mol. The number of thiophene rings is 1. The predicted molar refractivity (Wildman–Crippen MR) is 81.0 cm³/mol. The van der Waals surface area contributed by atoms with Crippen LogP contribution in [0, 0.1) is 0 Å². The maximum Gasteiger partial charge on any atom is 0.374 e.